The average molecular weight is 293 g/mol. The second-order valence-corrected chi connectivity index (χ2v) is 5.69. The molecule has 0 spiro atoms. The molecular weight excluding hydrogens is 266 g/mol. The van der Waals surface area contributed by atoms with Crippen LogP contribution in [0.5, 0.6) is 0 Å². The first-order chi connectivity index (χ1) is 10.1. The van der Waals surface area contributed by atoms with Gasteiger partial charge in [0.2, 0.25) is 5.91 Å². The van der Waals surface area contributed by atoms with E-state index in [2.05, 4.69) is 35.7 Å². The van der Waals surface area contributed by atoms with Crippen LogP contribution in [0.1, 0.15) is 25.7 Å². The Labute approximate surface area is 127 Å². The van der Waals surface area contributed by atoms with E-state index >= 15 is 0 Å². The van der Waals surface area contributed by atoms with E-state index in [9.17, 15) is 4.79 Å². The Morgan fingerprint density at radius 1 is 1.33 bits per heavy atom. The lowest BCUT2D eigenvalue weighted by Gasteiger charge is -2.39. The van der Waals surface area contributed by atoms with Crippen LogP contribution in [0.15, 0.2) is 12.4 Å². The van der Waals surface area contributed by atoms with Crippen LogP contribution in [0.25, 0.3) is 0 Å². The number of aromatic nitrogens is 2. The summed E-state index contributed by atoms with van der Waals surface area (Å²) in [5.74, 6) is 1.25. The Bertz CT molecular complexity index is 468. The molecule has 1 aliphatic heterocycles. The van der Waals surface area contributed by atoms with Crippen LogP contribution < -0.4 is 0 Å². The van der Waals surface area contributed by atoms with Gasteiger partial charge >= 0.3 is 0 Å². The van der Waals surface area contributed by atoms with Crippen LogP contribution >= 0.6 is 0 Å². The van der Waals surface area contributed by atoms with Crippen molar-refractivity contribution in [3.8, 4) is 0 Å². The highest BCUT2D eigenvalue weighted by Gasteiger charge is 2.30. The Morgan fingerprint density at radius 2 is 2.05 bits per heavy atom. The van der Waals surface area contributed by atoms with Crippen molar-refractivity contribution < 1.29 is 4.79 Å². The van der Waals surface area contributed by atoms with Crippen molar-refractivity contribution in [3.05, 3.63) is 18.2 Å². The van der Waals surface area contributed by atoms with E-state index in [1.165, 1.54) is 0 Å². The van der Waals surface area contributed by atoms with E-state index in [4.69, 9.17) is 0 Å². The molecule has 1 atom stereocenters. The third-order valence-corrected chi connectivity index (χ3v) is 4.41. The van der Waals surface area contributed by atoms with Crippen molar-refractivity contribution in [2.24, 2.45) is 7.05 Å². The smallest absolute Gasteiger partial charge is 0.236 e. The van der Waals surface area contributed by atoms with Crippen LogP contribution in [0, 0.1) is 0 Å². The van der Waals surface area contributed by atoms with E-state index in [0.717, 1.165) is 38.5 Å². The zero-order valence-electron chi connectivity index (χ0n) is 13.6. The largest absolute Gasteiger partial charge is 0.338 e. The van der Waals surface area contributed by atoms with E-state index in [1.54, 1.807) is 0 Å². The van der Waals surface area contributed by atoms with Gasteiger partial charge in [-0.15, -0.1) is 0 Å². The monoisotopic (exact) mass is 293 g/mol. The molecule has 1 aromatic rings. The van der Waals surface area contributed by atoms with Gasteiger partial charge in [0.15, 0.2) is 0 Å². The molecule has 0 N–H and O–H groups in total. The van der Waals surface area contributed by atoms with Crippen molar-refractivity contribution in [1.29, 1.82) is 0 Å². The first kappa shape index (κ1) is 16.0. The number of hydrogen-bond donors (Lipinski definition) is 0. The third-order valence-electron chi connectivity index (χ3n) is 4.41. The second kappa shape index (κ2) is 7.04. The fourth-order valence-corrected chi connectivity index (χ4v) is 2.82. The van der Waals surface area contributed by atoms with Crippen LogP contribution in [-0.2, 0) is 11.8 Å². The SMILES string of the molecule is CCN(CC)CC(=O)N1CCN(C)C(c2nccn2C)C1. The first-order valence-electron chi connectivity index (χ1n) is 7.74. The van der Waals surface area contributed by atoms with Crippen LogP contribution in [-0.4, -0.2) is 76.5 Å². The number of hydrogen-bond acceptors (Lipinski definition) is 4. The van der Waals surface area contributed by atoms with Gasteiger partial charge in [0.25, 0.3) is 0 Å². The second-order valence-electron chi connectivity index (χ2n) is 5.69. The van der Waals surface area contributed by atoms with Gasteiger partial charge in [0, 0.05) is 39.1 Å². The number of carbonyl (C=O) groups is 1. The van der Waals surface area contributed by atoms with Crippen molar-refractivity contribution in [3.63, 3.8) is 0 Å². The summed E-state index contributed by atoms with van der Waals surface area (Å²) in [6.07, 6.45) is 3.78. The number of carbonyl (C=O) groups excluding carboxylic acids is 1. The van der Waals surface area contributed by atoms with Gasteiger partial charge in [-0.2, -0.15) is 0 Å². The molecule has 0 bridgehead atoms. The third kappa shape index (κ3) is 3.63. The van der Waals surface area contributed by atoms with E-state index in [-0.39, 0.29) is 11.9 Å². The molecule has 1 aromatic heterocycles. The van der Waals surface area contributed by atoms with E-state index < -0.39 is 0 Å². The minimum absolute atomic E-state index is 0.180. The maximum absolute atomic E-state index is 12.5. The lowest BCUT2D eigenvalue weighted by Crippen LogP contribution is -2.51. The standard InChI is InChI=1S/C15H27N5O/c1-5-19(6-2)12-14(21)20-10-9-17(3)13(11-20)15-16-7-8-18(15)4/h7-8,13H,5-6,9-12H2,1-4H3. The molecule has 0 aromatic carbocycles. The lowest BCUT2D eigenvalue weighted by molar-refractivity contribution is -0.135. The Hall–Kier alpha value is -1.40. The number of likely N-dealkylation sites (N-methyl/N-ethyl adjacent to an activating group) is 2. The number of amides is 1. The summed E-state index contributed by atoms with van der Waals surface area (Å²) in [5.41, 5.74) is 0. The summed E-state index contributed by atoms with van der Waals surface area (Å²) in [6, 6.07) is 0.180. The Kier molecular flexibility index (Phi) is 5.36. The van der Waals surface area contributed by atoms with Gasteiger partial charge in [-0.3, -0.25) is 14.6 Å². The zero-order chi connectivity index (χ0) is 15.4. The number of aryl methyl sites for hydroxylation is 1. The fourth-order valence-electron chi connectivity index (χ4n) is 2.82. The molecule has 1 saturated heterocycles. The van der Waals surface area contributed by atoms with Crippen LogP contribution in [0.3, 0.4) is 0 Å². The normalized spacial score (nSPS) is 20.2. The molecule has 21 heavy (non-hydrogen) atoms. The van der Waals surface area contributed by atoms with Gasteiger partial charge in [-0.1, -0.05) is 13.8 Å². The topological polar surface area (TPSA) is 44.6 Å². The van der Waals surface area contributed by atoms with Gasteiger partial charge < -0.3 is 9.47 Å². The molecule has 1 unspecified atom stereocenters. The predicted octanol–water partition coefficient (Wildman–Crippen LogP) is 0.577. The van der Waals surface area contributed by atoms with Crippen molar-refractivity contribution in [2.45, 2.75) is 19.9 Å². The number of imidazole rings is 1. The fraction of sp³-hybridized carbons (Fsp3) is 0.733. The van der Waals surface area contributed by atoms with Crippen molar-refractivity contribution in [1.82, 2.24) is 24.3 Å². The molecule has 2 rings (SSSR count). The summed E-state index contributed by atoms with van der Waals surface area (Å²) >= 11 is 0. The van der Waals surface area contributed by atoms with Crippen LogP contribution in [0.2, 0.25) is 0 Å². The molecular formula is C15H27N5O. The highest BCUT2D eigenvalue weighted by atomic mass is 16.2. The molecule has 0 saturated carbocycles. The quantitative estimate of drug-likeness (QED) is 0.796. The lowest BCUT2D eigenvalue weighted by atomic mass is 10.1. The van der Waals surface area contributed by atoms with Gasteiger partial charge in [-0.05, 0) is 20.1 Å². The van der Waals surface area contributed by atoms with Gasteiger partial charge in [0.1, 0.15) is 5.82 Å². The molecule has 0 radical (unpaired) electrons. The highest BCUT2D eigenvalue weighted by Crippen LogP contribution is 2.22. The molecule has 1 aliphatic rings. The van der Waals surface area contributed by atoms with E-state index in [1.807, 2.05) is 28.9 Å². The maximum atomic E-state index is 12.5. The summed E-state index contributed by atoms with van der Waals surface area (Å²) in [7, 11) is 4.11. The highest BCUT2D eigenvalue weighted by molar-refractivity contribution is 5.78. The summed E-state index contributed by atoms with van der Waals surface area (Å²) in [5, 5.41) is 0. The summed E-state index contributed by atoms with van der Waals surface area (Å²) in [4.78, 5) is 23.3. The average Bonchev–Trinajstić information content (AvgIpc) is 2.91. The molecule has 1 amide bonds. The first-order valence-corrected chi connectivity index (χ1v) is 7.74. The molecule has 118 valence electrons. The van der Waals surface area contributed by atoms with Crippen molar-refractivity contribution in [2.75, 3.05) is 46.3 Å². The number of nitrogens with zero attached hydrogens (tertiary/aromatic N) is 5. The minimum atomic E-state index is 0.180. The summed E-state index contributed by atoms with van der Waals surface area (Å²) in [6.45, 7) is 8.96. The van der Waals surface area contributed by atoms with E-state index in [0.29, 0.717) is 6.54 Å². The molecule has 2 heterocycles. The predicted molar refractivity (Wildman–Crippen MR) is 82.9 cm³/mol. The molecule has 6 heteroatoms. The van der Waals surface area contributed by atoms with Gasteiger partial charge in [-0.25, -0.2) is 4.98 Å². The minimum Gasteiger partial charge on any atom is -0.338 e. The van der Waals surface area contributed by atoms with Crippen molar-refractivity contribution >= 4 is 5.91 Å². The maximum Gasteiger partial charge on any atom is 0.236 e. The zero-order valence-corrected chi connectivity index (χ0v) is 13.6. The van der Waals surface area contributed by atoms with Crippen LogP contribution in [0.4, 0.5) is 0 Å². The molecule has 1 fully saturated rings. The number of piperazine rings is 1. The molecule has 0 aliphatic carbocycles. The Balaban J connectivity index is 2.03. The molecule has 6 nitrogen and oxygen atoms in total. The summed E-state index contributed by atoms with van der Waals surface area (Å²) < 4.78 is 2.04. The Morgan fingerprint density at radius 3 is 2.62 bits per heavy atom. The van der Waals surface area contributed by atoms with Gasteiger partial charge in [0.05, 0.1) is 12.6 Å². The number of rotatable bonds is 5.